The molecule has 4 bridgehead atoms. The van der Waals surface area contributed by atoms with Crippen LogP contribution in [0.4, 0.5) is 0 Å². The Morgan fingerprint density at radius 1 is 1.05 bits per heavy atom. The van der Waals surface area contributed by atoms with E-state index in [0.29, 0.717) is 6.04 Å². The van der Waals surface area contributed by atoms with E-state index in [0.717, 1.165) is 23.7 Å². The van der Waals surface area contributed by atoms with Crippen LogP contribution in [0.2, 0.25) is 0 Å². The van der Waals surface area contributed by atoms with Crippen LogP contribution in [0.5, 0.6) is 0 Å². The third-order valence-corrected chi connectivity index (χ3v) is 5.65. The largest absolute Gasteiger partial charge is 0.366 e. The molecule has 0 saturated heterocycles. The molecule has 0 aromatic carbocycles. The molecule has 3 nitrogen and oxygen atoms in total. The molecule has 0 radical (unpaired) electrons. The first kappa shape index (κ1) is 14.4. The Kier molecular flexibility index (Phi) is 3.60. The van der Waals surface area contributed by atoms with Crippen LogP contribution in [0.1, 0.15) is 52.9 Å². The van der Waals surface area contributed by atoms with Crippen LogP contribution < -0.4 is 0 Å². The van der Waals surface area contributed by atoms with Crippen molar-refractivity contribution >= 4 is 5.91 Å². The monoisotopic (exact) mass is 279 g/mol. The van der Waals surface area contributed by atoms with E-state index in [1.165, 1.54) is 32.1 Å². The molecule has 114 valence electrons. The van der Waals surface area contributed by atoms with Crippen molar-refractivity contribution in [3.05, 3.63) is 0 Å². The van der Waals surface area contributed by atoms with E-state index in [2.05, 4.69) is 0 Å². The molecule has 1 amide bonds. The third-order valence-electron chi connectivity index (χ3n) is 5.65. The highest BCUT2D eigenvalue weighted by atomic mass is 16.5. The molecule has 3 heteroatoms. The summed E-state index contributed by atoms with van der Waals surface area (Å²) < 4.78 is 5.66. The fraction of sp³-hybridized carbons (Fsp3) is 0.941. The molecule has 0 N–H and O–H groups in total. The van der Waals surface area contributed by atoms with Gasteiger partial charge in [0.15, 0.2) is 0 Å². The Labute approximate surface area is 123 Å². The molecule has 0 atom stereocenters. The van der Waals surface area contributed by atoms with Crippen molar-refractivity contribution in [2.75, 3.05) is 13.7 Å². The van der Waals surface area contributed by atoms with Gasteiger partial charge in [0.05, 0.1) is 5.60 Å². The van der Waals surface area contributed by atoms with Gasteiger partial charge in [-0.1, -0.05) is 0 Å². The van der Waals surface area contributed by atoms with Crippen molar-refractivity contribution < 1.29 is 9.53 Å². The van der Waals surface area contributed by atoms with Gasteiger partial charge in [0.2, 0.25) is 5.91 Å². The van der Waals surface area contributed by atoms with Crippen LogP contribution >= 0.6 is 0 Å². The molecule has 0 aliphatic heterocycles. The molecule has 4 fully saturated rings. The number of amides is 1. The topological polar surface area (TPSA) is 29.5 Å². The zero-order valence-electron chi connectivity index (χ0n) is 13.4. The minimum Gasteiger partial charge on any atom is -0.366 e. The fourth-order valence-electron chi connectivity index (χ4n) is 5.08. The maximum Gasteiger partial charge on any atom is 0.248 e. The minimum atomic E-state index is -0.236. The molecular formula is C17H29NO2. The lowest BCUT2D eigenvalue weighted by Crippen LogP contribution is -2.57. The predicted octanol–water partition coefficient (Wildman–Crippen LogP) is 3.08. The van der Waals surface area contributed by atoms with Crippen molar-refractivity contribution in [1.29, 1.82) is 0 Å². The summed E-state index contributed by atoms with van der Waals surface area (Å²) in [4.78, 5) is 14.4. The van der Waals surface area contributed by atoms with Gasteiger partial charge in [-0.25, -0.2) is 0 Å². The molecule has 0 heterocycles. The van der Waals surface area contributed by atoms with Gasteiger partial charge in [-0.2, -0.15) is 0 Å². The van der Waals surface area contributed by atoms with Crippen LogP contribution in [0, 0.1) is 23.7 Å². The number of nitrogens with zero attached hydrogens (tertiary/aromatic N) is 1. The van der Waals surface area contributed by atoms with Crippen molar-refractivity contribution in [3.63, 3.8) is 0 Å². The van der Waals surface area contributed by atoms with Crippen LogP contribution in [-0.2, 0) is 9.53 Å². The second-order valence-electron chi connectivity index (χ2n) is 8.33. The Bertz CT molecular complexity index is 357. The van der Waals surface area contributed by atoms with E-state index in [1.54, 1.807) is 0 Å². The SMILES string of the molecule is CN(C(=O)COC(C)(C)C)C1C2CC3CC(C2)CC1C3. The number of carbonyl (C=O) groups is 1. The molecule has 4 saturated carbocycles. The van der Waals surface area contributed by atoms with E-state index in [9.17, 15) is 4.79 Å². The number of hydrogen-bond acceptors (Lipinski definition) is 2. The molecule has 4 aliphatic carbocycles. The highest BCUT2D eigenvalue weighted by molar-refractivity contribution is 5.77. The normalized spacial score (nSPS) is 39.1. The number of likely N-dealkylation sites (N-methyl/N-ethyl adjacent to an activating group) is 1. The van der Waals surface area contributed by atoms with Crippen LogP contribution in [0.15, 0.2) is 0 Å². The summed E-state index contributed by atoms with van der Waals surface area (Å²) in [5.74, 6) is 3.60. The quantitative estimate of drug-likeness (QED) is 0.794. The zero-order chi connectivity index (χ0) is 14.5. The zero-order valence-corrected chi connectivity index (χ0v) is 13.4. The Hall–Kier alpha value is -0.570. The van der Waals surface area contributed by atoms with Gasteiger partial charge in [0.25, 0.3) is 0 Å². The summed E-state index contributed by atoms with van der Waals surface area (Å²) in [6, 6.07) is 0.485. The maximum absolute atomic E-state index is 12.4. The molecule has 4 aliphatic rings. The Balaban J connectivity index is 1.62. The molecule has 0 aromatic heterocycles. The van der Waals surface area contributed by atoms with Crippen LogP contribution in [-0.4, -0.2) is 36.1 Å². The van der Waals surface area contributed by atoms with Gasteiger partial charge in [0.1, 0.15) is 6.61 Å². The van der Waals surface area contributed by atoms with E-state index >= 15 is 0 Å². The van der Waals surface area contributed by atoms with Crippen molar-refractivity contribution in [2.45, 2.75) is 64.5 Å². The number of rotatable bonds is 3. The molecular weight excluding hydrogens is 250 g/mol. The van der Waals surface area contributed by atoms with E-state index in [4.69, 9.17) is 4.74 Å². The molecule has 4 rings (SSSR count). The molecule has 0 unspecified atom stereocenters. The average Bonchev–Trinajstić information content (AvgIpc) is 2.33. The molecule has 20 heavy (non-hydrogen) atoms. The molecule has 0 aromatic rings. The van der Waals surface area contributed by atoms with E-state index in [1.807, 2.05) is 32.7 Å². The Morgan fingerprint density at radius 3 is 2.00 bits per heavy atom. The summed E-state index contributed by atoms with van der Waals surface area (Å²) in [5.41, 5.74) is -0.236. The van der Waals surface area contributed by atoms with Gasteiger partial charge in [0, 0.05) is 13.1 Å². The van der Waals surface area contributed by atoms with E-state index in [-0.39, 0.29) is 18.1 Å². The van der Waals surface area contributed by atoms with Gasteiger partial charge >= 0.3 is 0 Å². The van der Waals surface area contributed by atoms with Crippen LogP contribution in [0.3, 0.4) is 0 Å². The average molecular weight is 279 g/mol. The Morgan fingerprint density at radius 2 is 1.55 bits per heavy atom. The number of ether oxygens (including phenoxy) is 1. The first-order valence-corrected chi connectivity index (χ1v) is 8.23. The maximum atomic E-state index is 12.4. The minimum absolute atomic E-state index is 0.164. The highest BCUT2D eigenvalue weighted by Gasteiger charge is 2.50. The summed E-state index contributed by atoms with van der Waals surface area (Å²) in [7, 11) is 2.00. The van der Waals surface area contributed by atoms with Crippen molar-refractivity contribution in [1.82, 2.24) is 4.90 Å². The number of carbonyl (C=O) groups excluding carboxylic acids is 1. The molecule has 0 spiro atoms. The lowest BCUT2D eigenvalue weighted by atomic mass is 9.54. The highest BCUT2D eigenvalue weighted by Crippen LogP contribution is 2.54. The second kappa shape index (κ2) is 5.01. The third kappa shape index (κ3) is 2.74. The smallest absolute Gasteiger partial charge is 0.248 e. The fourth-order valence-corrected chi connectivity index (χ4v) is 5.08. The second-order valence-corrected chi connectivity index (χ2v) is 8.33. The summed E-state index contributed by atoms with van der Waals surface area (Å²) in [6.07, 6.45) is 6.89. The first-order valence-electron chi connectivity index (χ1n) is 8.23. The summed E-state index contributed by atoms with van der Waals surface area (Å²) in [5, 5.41) is 0. The summed E-state index contributed by atoms with van der Waals surface area (Å²) in [6.45, 7) is 6.23. The lowest BCUT2D eigenvalue weighted by Gasteiger charge is -2.56. The van der Waals surface area contributed by atoms with Gasteiger partial charge in [-0.3, -0.25) is 4.79 Å². The van der Waals surface area contributed by atoms with Crippen molar-refractivity contribution in [2.24, 2.45) is 23.7 Å². The number of hydrogen-bond donors (Lipinski definition) is 0. The van der Waals surface area contributed by atoms with E-state index < -0.39 is 0 Å². The lowest BCUT2D eigenvalue weighted by molar-refractivity contribution is -0.150. The first-order chi connectivity index (χ1) is 9.33. The standard InChI is InChI=1S/C17H29NO2/c1-17(2,3)20-10-15(19)18(4)16-13-6-11-5-12(8-13)9-14(16)7-11/h11-14,16H,5-10H2,1-4H3. The van der Waals surface area contributed by atoms with Crippen LogP contribution in [0.25, 0.3) is 0 Å². The summed E-state index contributed by atoms with van der Waals surface area (Å²) >= 11 is 0. The van der Waals surface area contributed by atoms with Crippen molar-refractivity contribution in [3.8, 4) is 0 Å². The van der Waals surface area contributed by atoms with Gasteiger partial charge in [-0.05, 0) is 76.5 Å². The van der Waals surface area contributed by atoms with Gasteiger partial charge in [-0.15, -0.1) is 0 Å². The van der Waals surface area contributed by atoms with Gasteiger partial charge < -0.3 is 9.64 Å². The predicted molar refractivity (Wildman–Crippen MR) is 79.3 cm³/mol.